The van der Waals surface area contributed by atoms with Crippen molar-refractivity contribution in [3.63, 3.8) is 0 Å². The van der Waals surface area contributed by atoms with Crippen LogP contribution >= 0.6 is 11.6 Å². The molecule has 0 radical (unpaired) electrons. The maximum atomic E-state index is 14.0. The molecule has 2 N–H and O–H groups in total. The molecule has 2 aliphatic heterocycles. The number of carbonyl (C=O) groups is 3. The molecule has 3 atom stereocenters. The zero-order chi connectivity index (χ0) is 27.6. The summed E-state index contributed by atoms with van der Waals surface area (Å²) in [4.78, 5) is 44.8. The lowest BCUT2D eigenvalue weighted by molar-refractivity contribution is -0.142. The summed E-state index contributed by atoms with van der Waals surface area (Å²) in [6.45, 7) is 9.60. The largest absolute Gasteiger partial charge is 0.341 e. The van der Waals surface area contributed by atoms with Crippen molar-refractivity contribution in [2.24, 2.45) is 17.8 Å². The fourth-order valence-electron chi connectivity index (χ4n) is 6.41. The van der Waals surface area contributed by atoms with Gasteiger partial charge in [-0.3, -0.25) is 25.1 Å². The number of carbonyl (C=O) groups excluding carboxylic acids is 3. The first-order chi connectivity index (χ1) is 18.0. The third kappa shape index (κ3) is 6.33. The number of nitrogens with one attached hydrogen (secondary N) is 2. The fraction of sp³-hybridized carbons (Fsp3) is 0.655. The molecule has 3 fully saturated rings. The minimum atomic E-state index is -0.353. The molecule has 4 rings (SSSR count). The average molecular weight is 544 g/mol. The standard InChI is InChI=1S/C29H42ClN5O3/c1-18(2)27(37)35(23-11-5-19(3)6-12-23)24-13-14-33(15-24)28(38)26-17-34(29(31)32-20(4)36)16-25(26)21-7-9-22(30)10-8-21/h7-10,18-19,23-26H,5-6,11-17H2,1-4H3,(H2,31,32,36)/t19-,23+,24-,25-,26+/m0/s1. The summed E-state index contributed by atoms with van der Waals surface area (Å²) >= 11 is 6.12. The molecule has 3 amide bonds. The zero-order valence-corrected chi connectivity index (χ0v) is 23.8. The summed E-state index contributed by atoms with van der Waals surface area (Å²) in [6.07, 6.45) is 5.14. The Morgan fingerprint density at radius 2 is 1.63 bits per heavy atom. The van der Waals surface area contributed by atoms with Gasteiger partial charge in [0.2, 0.25) is 17.7 Å². The smallest absolute Gasteiger partial charge is 0.228 e. The van der Waals surface area contributed by atoms with Crippen LogP contribution in [0.25, 0.3) is 0 Å². The van der Waals surface area contributed by atoms with Gasteiger partial charge in [-0.25, -0.2) is 0 Å². The third-order valence-electron chi connectivity index (χ3n) is 8.54. The first kappa shape index (κ1) is 28.4. The zero-order valence-electron chi connectivity index (χ0n) is 23.1. The summed E-state index contributed by atoms with van der Waals surface area (Å²) < 4.78 is 0. The van der Waals surface area contributed by atoms with Gasteiger partial charge in [0.25, 0.3) is 0 Å². The first-order valence-corrected chi connectivity index (χ1v) is 14.4. The van der Waals surface area contributed by atoms with E-state index in [1.165, 1.54) is 6.92 Å². The Hall–Kier alpha value is -2.61. The Morgan fingerprint density at radius 1 is 0.974 bits per heavy atom. The molecular formula is C29H42ClN5O3. The molecule has 9 heteroatoms. The van der Waals surface area contributed by atoms with Crippen LogP contribution in [-0.2, 0) is 14.4 Å². The molecular weight excluding hydrogens is 502 g/mol. The normalized spacial score (nSPS) is 27.5. The lowest BCUT2D eigenvalue weighted by atomic mass is 9.85. The highest BCUT2D eigenvalue weighted by Crippen LogP contribution is 2.37. The van der Waals surface area contributed by atoms with Crippen molar-refractivity contribution in [3.8, 4) is 0 Å². The fourth-order valence-corrected chi connectivity index (χ4v) is 6.54. The Labute approximate surface area is 231 Å². The minimum Gasteiger partial charge on any atom is -0.341 e. The summed E-state index contributed by atoms with van der Waals surface area (Å²) in [7, 11) is 0. The van der Waals surface area contributed by atoms with Crippen molar-refractivity contribution >= 4 is 35.3 Å². The minimum absolute atomic E-state index is 0.0197. The molecule has 0 aromatic heterocycles. The summed E-state index contributed by atoms with van der Waals surface area (Å²) in [6, 6.07) is 7.83. The Bertz CT molecular complexity index is 1040. The van der Waals surface area contributed by atoms with Gasteiger partial charge in [0.05, 0.1) is 12.0 Å². The van der Waals surface area contributed by atoms with Gasteiger partial charge in [-0.05, 0) is 55.7 Å². The lowest BCUT2D eigenvalue weighted by Crippen LogP contribution is -2.51. The van der Waals surface area contributed by atoms with E-state index in [2.05, 4.69) is 17.1 Å². The van der Waals surface area contributed by atoms with E-state index in [4.69, 9.17) is 17.0 Å². The van der Waals surface area contributed by atoms with Gasteiger partial charge in [-0.15, -0.1) is 0 Å². The summed E-state index contributed by atoms with van der Waals surface area (Å²) in [5, 5.41) is 11.5. The SMILES string of the molecule is CC(=O)NC(=N)N1C[C@@H](C(=O)N2CC[C@H](N(C(=O)C(C)C)[C@H]3CC[C@@H](C)CC3)C2)[C@H](c2ccc(Cl)cc2)C1. The Kier molecular flexibility index (Phi) is 9.01. The van der Waals surface area contributed by atoms with Crippen LogP contribution in [0.2, 0.25) is 5.02 Å². The molecule has 0 unspecified atom stereocenters. The van der Waals surface area contributed by atoms with Gasteiger partial charge in [-0.2, -0.15) is 0 Å². The van der Waals surface area contributed by atoms with Crippen molar-refractivity contribution in [1.29, 1.82) is 5.41 Å². The van der Waals surface area contributed by atoms with E-state index >= 15 is 0 Å². The Morgan fingerprint density at radius 3 is 2.24 bits per heavy atom. The summed E-state index contributed by atoms with van der Waals surface area (Å²) in [5.74, 6) is 0.119. The predicted octanol–water partition coefficient (Wildman–Crippen LogP) is 4.09. The van der Waals surface area contributed by atoms with Crippen molar-refractivity contribution in [2.45, 2.75) is 77.8 Å². The maximum Gasteiger partial charge on any atom is 0.228 e. The average Bonchev–Trinajstić information content (AvgIpc) is 3.53. The second-order valence-corrected chi connectivity index (χ2v) is 12.2. The molecule has 208 valence electrons. The van der Waals surface area contributed by atoms with Crippen LogP contribution in [0.4, 0.5) is 0 Å². The molecule has 1 aromatic rings. The van der Waals surface area contributed by atoms with Gasteiger partial charge >= 0.3 is 0 Å². The van der Waals surface area contributed by atoms with Gasteiger partial charge < -0.3 is 14.7 Å². The van der Waals surface area contributed by atoms with Crippen LogP contribution in [0, 0.1) is 23.2 Å². The van der Waals surface area contributed by atoms with Gasteiger partial charge in [0.15, 0.2) is 5.96 Å². The van der Waals surface area contributed by atoms with Crippen LogP contribution in [-0.4, -0.2) is 76.6 Å². The summed E-state index contributed by atoms with van der Waals surface area (Å²) in [5.41, 5.74) is 0.995. The van der Waals surface area contributed by atoms with E-state index in [0.29, 0.717) is 37.1 Å². The molecule has 8 nitrogen and oxygen atoms in total. The first-order valence-electron chi connectivity index (χ1n) is 14.0. The monoisotopic (exact) mass is 543 g/mol. The second kappa shape index (κ2) is 12.1. The number of guanidine groups is 1. The number of halogens is 1. The molecule has 1 saturated carbocycles. The number of hydrogen-bond donors (Lipinski definition) is 2. The Balaban J connectivity index is 1.52. The predicted molar refractivity (Wildman–Crippen MR) is 149 cm³/mol. The third-order valence-corrected chi connectivity index (χ3v) is 8.79. The quantitative estimate of drug-likeness (QED) is 0.432. The highest BCUT2D eigenvalue weighted by Gasteiger charge is 2.44. The number of nitrogens with zero attached hydrogens (tertiary/aromatic N) is 3. The van der Waals surface area contributed by atoms with E-state index in [1.54, 1.807) is 4.90 Å². The number of rotatable bonds is 5. The van der Waals surface area contributed by atoms with E-state index in [-0.39, 0.29) is 53.5 Å². The second-order valence-electron chi connectivity index (χ2n) is 11.7. The van der Waals surface area contributed by atoms with Crippen molar-refractivity contribution in [2.75, 3.05) is 26.2 Å². The number of amides is 3. The van der Waals surface area contributed by atoms with Crippen LogP contribution in [0.1, 0.15) is 71.3 Å². The van der Waals surface area contributed by atoms with Crippen LogP contribution < -0.4 is 5.32 Å². The highest BCUT2D eigenvalue weighted by molar-refractivity contribution is 6.30. The molecule has 1 aromatic carbocycles. The molecule has 0 spiro atoms. The number of hydrogen-bond acceptors (Lipinski definition) is 4. The molecule has 1 aliphatic carbocycles. The molecule has 2 saturated heterocycles. The van der Waals surface area contributed by atoms with Gasteiger partial charge in [0.1, 0.15) is 0 Å². The van der Waals surface area contributed by atoms with E-state index in [0.717, 1.165) is 37.7 Å². The molecule has 38 heavy (non-hydrogen) atoms. The van der Waals surface area contributed by atoms with Crippen molar-refractivity contribution < 1.29 is 14.4 Å². The van der Waals surface area contributed by atoms with E-state index in [9.17, 15) is 14.4 Å². The maximum absolute atomic E-state index is 14.0. The van der Waals surface area contributed by atoms with E-state index < -0.39 is 0 Å². The van der Waals surface area contributed by atoms with Crippen LogP contribution in [0.15, 0.2) is 24.3 Å². The van der Waals surface area contributed by atoms with Gasteiger partial charge in [-0.1, -0.05) is 44.5 Å². The van der Waals surface area contributed by atoms with Crippen LogP contribution in [0.5, 0.6) is 0 Å². The molecule has 3 aliphatic rings. The number of benzene rings is 1. The van der Waals surface area contributed by atoms with Gasteiger partial charge in [0, 0.05) is 56.0 Å². The topological polar surface area (TPSA) is 96.8 Å². The lowest BCUT2D eigenvalue weighted by Gasteiger charge is -2.41. The molecule has 2 heterocycles. The van der Waals surface area contributed by atoms with Crippen molar-refractivity contribution in [3.05, 3.63) is 34.9 Å². The van der Waals surface area contributed by atoms with Crippen molar-refractivity contribution in [1.82, 2.24) is 20.0 Å². The van der Waals surface area contributed by atoms with Crippen LogP contribution in [0.3, 0.4) is 0 Å². The number of likely N-dealkylation sites (tertiary alicyclic amines) is 2. The van der Waals surface area contributed by atoms with E-state index in [1.807, 2.05) is 43.0 Å². The highest BCUT2D eigenvalue weighted by atomic mass is 35.5. The molecule has 0 bridgehead atoms.